The van der Waals surface area contributed by atoms with Crippen LogP contribution in [0.1, 0.15) is 12.0 Å². The molecule has 0 saturated carbocycles. The number of carbonyl (C=O) groups is 1. The Hall–Kier alpha value is -3.02. The average Bonchev–Trinajstić information content (AvgIpc) is 3.12. The molecule has 2 aromatic carbocycles. The van der Waals surface area contributed by atoms with Crippen molar-refractivity contribution in [1.82, 2.24) is 15.5 Å². The average molecular weight is 395 g/mol. The van der Waals surface area contributed by atoms with Crippen LogP contribution in [0, 0.1) is 5.92 Å². The third-order valence-corrected chi connectivity index (χ3v) is 5.00. The van der Waals surface area contributed by atoms with E-state index in [4.69, 9.17) is 4.74 Å². The smallest absolute Gasteiger partial charge is 0.223 e. The lowest BCUT2D eigenvalue weighted by atomic mass is 10.1. The first-order valence-corrected chi connectivity index (χ1v) is 10.2. The van der Waals surface area contributed by atoms with Gasteiger partial charge in [-0.25, -0.2) is 0 Å². The normalized spacial score (nSPS) is 16.7. The Bertz CT molecular complexity index is 780. The van der Waals surface area contributed by atoms with Gasteiger partial charge in [0.2, 0.25) is 5.91 Å². The van der Waals surface area contributed by atoms with E-state index in [2.05, 4.69) is 27.8 Å². The van der Waals surface area contributed by atoms with E-state index < -0.39 is 0 Å². The second-order valence-corrected chi connectivity index (χ2v) is 7.19. The molecule has 29 heavy (non-hydrogen) atoms. The van der Waals surface area contributed by atoms with Crippen LogP contribution in [0.4, 0.5) is 0 Å². The van der Waals surface area contributed by atoms with Crippen molar-refractivity contribution in [2.75, 3.05) is 39.8 Å². The van der Waals surface area contributed by atoms with Gasteiger partial charge in [-0.1, -0.05) is 48.5 Å². The van der Waals surface area contributed by atoms with Crippen molar-refractivity contribution in [3.8, 4) is 5.75 Å². The van der Waals surface area contributed by atoms with Crippen molar-refractivity contribution in [3.05, 3.63) is 66.2 Å². The number of amides is 1. The number of guanidine groups is 1. The van der Waals surface area contributed by atoms with Gasteiger partial charge in [0.15, 0.2) is 5.96 Å². The van der Waals surface area contributed by atoms with Gasteiger partial charge in [-0.2, -0.15) is 0 Å². The van der Waals surface area contributed by atoms with Crippen molar-refractivity contribution >= 4 is 11.9 Å². The number of hydrogen-bond acceptors (Lipinski definition) is 3. The van der Waals surface area contributed by atoms with Gasteiger partial charge in [0.1, 0.15) is 12.4 Å². The Labute approximate surface area is 173 Å². The molecule has 2 aromatic rings. The first kappa shape index (κ1) is 20.7. The Kier molecular flexibility index (Phi) is 7.92. The van der Waals surface area contributed by atoms with Gasteiger partial charge < -0.3 is 20.3 Å². The van der Waals surface area contributed by atoms with Gasteiger partial charge in [-0.05, 0) is 24.1 Å². The van der Waals surface area contributed by atoms with Crippen LogP contribution in [0.25, 0.3) is 0 Å². The third kappa shape index (κ3) is 6.82. The summed E-state index contributed by atoms with van der Waals surface area (Å²) in [6.07, 6.45) is 1.49. The number of ether oxygens (including phenoxy) is 1. The lowest BCUT2D eigenvalue weighted by Gasteiger charge is -2.18. The highest BCUT2D eigenvalue weighted by atomic mass is 16.5. The molecule has 0 aliphatic carbocycles. The number of likely N-dealkylation sites (tertiary alicyclic amines) is 1. The lowest BCUT2D eigenvalue weighted by Crippen LogP contribution is -2.41. The summed E-state index contributed by atoms with van der Waals surface area (Å²) in [5.41, 5.74) is 1.27. The molecule has 0 aromatic heterocycles. The highest BCUT2D eigenvalue weighted by Crippen LogP contribution is 2.17. The first-order chi connectivity index (χ1) is 14.2. The molecule has 6 nitrogen and oxygen atoms in total. The van der Waals surface area contributed by atoms with E-state index in [1.807, 2.05) is 53.4 Å². The van der Waals surface area contributed by atoms with E-state index in [0.29, 0.717) is 25.5 Å². The largest absolute Gasteiger partial charge is 0.492 e. The SMILES string of the molecule is CN=C(NCCOc1ccccc1)NCC1CC(=O)N(CCc2ccccc2)C1. The van der Waals surface area contributed by atoms with E-state index in [1.54, 1.807) is 7.05 Å². The Morgan fingerprint density at radius 3 is 2.55 bits per heavy atom. The highest BCUT2D eigenvalue weighted by molar-refractivity contribution is 5.80. The number of aliphatic imine (C=N–C) groups is 1. The van der Waals surface area contributed by atoms with Gasteiger partial charge >= 0.3 is 0 Å². The van der Waals surface area contributed by atoms with Crippen LogP contribution in [-0.4, -0.2) is 56.6 Å². The molecule has 6 heteroatoms. The number of carbonyl (C=O) groups excluding carboxylic acids is 1. The maximum atomic E-state index is 12.3. The number of hydrogen-bond donors (Lipinski definition) is 2. The second-order valence-electron chi connectivity index (χ2n) is 7.19. The van der Waals surface area contributed by atoms with Gasteiger partial charge in [-0.15, -0.1) is 0 Å². The molecule has 1 heterocycles. The Morgan fingerprint density at radius 1 is 1.10 bits per heavy atom. The van der Waals surface area contributed by atoms with Crippen molar-refractivity contribution in [3.63, 3.8) is 0 Å². The molecule has 0 spiro atoms. The fourth-order valence-corrected chi connectivity index (χ4v) is 3.43. The zero-order chi connectivity index (χ0) is 20.3. The van der Waals surface area contributed by atoms with Crippen LogP contribution in [-0.2, 0) is 11.2 Å². The number of para-hydroxylation sites is 1. The van der Waals surface area contributed by atoms with Gasteiger partial charge in [0.05, 0.1) is 6.54 Å². The summed E-state index contributed by atoms with van der Waals surface area (Å²) >= 11 is 0. The Morgan fingerprint density at radius 2 is 1.83 bits per heavy atom. The van der Waals surface area contributed by atoms with Gasteiger partial charge in [0.25, 0.3) is 0 Å². The van der Waals surface area contributed by atoms with Gasteiger partial charge in [0, 0.05) is 39.0 Å². The van der Waals surface area contributed by atoms with Crippen LogP contribution < -0.4 is 15.4 Å². The maximum absolute atomic E-state index is 12.3. The van der Waals surface area contributed by atoms with Crippen molar-refractivity contribution in [2.24, 2.45) is 10.9 Å². The second kappa shape index (κ2) is 11.1. The minimum atomic E-state index is 0.243. The van der Waals surface area contributed by atoms with Gasteiger partial charge in [-0.3, -0.25) is 9.79 Å². The molecule has 1 aliphatic heterocycles. The minimum absolute atomic E-state index is 0.243. The number of nitrogens with zero attached hydrogens (tertiary/aromatic N) is 2. The third-order valence-electron chi connectivity index (χ3n) is 5.00. The van der Waals surface area contributed by atoms with E-state index in [9.17, 15) is 4.79 Å². The monoisotopic (exact) mass is 394 g/mol. The molecule has 1 atom stereocenters. The van der Waals surface area contributed by atoms with Crippen molar-refractivity contribution in [1.29, 1.82) is 0 Å². The maximum Gasteiger partial charge on any atom is 0.223 e. The molecular weight excluding hydrogens is 364 g/mol. The fraction of sp³-hybridized carbons (Fsp3) is 0.391. The molecule has 3 rings (SSSR count). The minimum Gasteiger partial charge on any atom is -0.492 e. The van der Waals surface area contributed by atoms with Crippen molar-refractivity contribution in [2.45, 2.75) is 12.8 Å². The first-order valence-electron chi connectivity index (χ1n) is 10.2. The predicted octanol–water partition coefficient (Wildman–Crippen LogP) is 2.32. The standard InChI is InChI=1S/C23H30N4O2/c1-24-23(25-13-15-29-21-10-6-3-7-11-21)26-17-20-16-22(28)27(18-20)14-12-19-8-4-2-5-9-19/h2-11,20H,12-18H2,1H3,(H2,24,25,26). The zero-order valence-electron chi connectivity index (χ0n) is 17.0. The molecule has 1 unspecified atom stereocenters. The van der Waals surface area contributed by atoms with Crippen LogP contribution in [0.15, 0.2) is 65.7 Å². The van der Waals surface area contributed by atoms with Crippen molar-refractivity contribution < 1.29 is 9.53 Å². The van der Waals surface area contributed by atoms with Crippen LogP contribution >= 0.6 is 0 Å². The van der Waals surface area contributed by atoms with E-state index >= 15 is 0 Å². The fourth-order valence-electron chi connectivity index (χ4n) is 3.43. The zero-order valence-corrected chi connectivity index (χ0v) is 17.0. The molecule has 1 aliphatic rings. The number of benzene rings is 2. The molecule has 154 valence electrons. The van der Waals surface area contributed by atoms with Crippen LogP contribution in [0.5, 0.6) is 5.75 Å². The van der Waals surface area contributed by atoms with E-state index in [-0.39, 0.29) is 5.91 Å². The molecule has 1 amide bonds. The summed E-state index contributed by atoms with van der Waals surface area (Å²) in [5, 5.41) is 6.58. The molecule has 1 saturated heterocycles. The van der Waals surface area contributed by atoms with E-state index in [0.717, 1.165) is 37.8 Å². The summed E-state index contributed by atoms with van der Waals surface area (Å²) < 4.78 is 5.67. The number of rotatable bonds is 9. The Balaban J connectivity index is 1.33. The molecule has 2 N–H and O–H groups in total. The number of nitrogens with one attached hydrogen (secondary N) is 2. The molecular formula is C23H30N4O2. The summed E-state index contributed by atoms with van der Waals surface area (Å²) in [7, 11) is 1.75. The van der Waals surface area contributed by atoms with Crippen LogP contribution in [0.2, 0.25) is 0 Å². The highest BCUT2D eigenvalue weighted by Gasteiger charge is 2.29. The summed E-state index contributed by atoms with van der Waals surface area (Å²) in [6.45, 7) is 3.52. The topological polar surface area (TPSA) is 66.0 Å². The molecule has 0 radical (unpaired) electrons. The quantitative estimate of drug-likeness (QED) is 0.389. The summed E-state index contributed by atoms with van der Waals surface area (Å²) in [5.74, 6) is 2.14. The van der Waals surface area contributed by atoms with Crippen LogP contribution in [0.3, 0.4) is 0 Å². The lowest BCUT2D eigenvalue weighted by molar-refractivity contribution is -0.127. The summed E-state index contributed by atoms with van der Waals surface area (Å²) in [4.78, 5) is 18.5. The molecule has 1 fully saturated rings. The van der Waals surface area contributed by atoms with E-state index in [1.165, 1.54) is 5.56 Å². The predicted molar refractivity (Wildman–Crippen MR) is 116 cm³/mol. The molecule has 0 bridgehead atoms. The summed E-state index contributed by atoms with van der Waals surface area (Å²) in [6, 6.07) is 20.1.